The number of rotatable bonds is 2. The highest BCUT2D eigenvalue weighted by Gasteiger charge is 2.04. The minimum Gasteiger partial charge on any atom is -0.507 e. The van der Waals surface area contributed by atoms with Gasteiger partial charge in [0.1, 0.15) is 5.75 Å². The SMILES string of the molecule is CC.CC(=O)c1ccc(N)cc1O.CC(=O)c1cccnc1.CCC. The van der Waals surface area contributed by atoms with E-state index in [9.17, 15) is 9.59 Å². The first kappa shape index (κ1) is 24.6. The molecule has 0 atom stereocenters. The molecule has 0 saturated heterocycles. The van der Waals surface area contributed by atoms with Crippen LogP contribution in [0.5, 0.6) is 5.75 Å². The number of nitrogens with two attached hydrogens (primary N) is 1. The Labute approximate surface area is 150 Å². The number of Topliss-reactive ketones (excluding diaryl/α,β-unsaturated/α-hetero) is 2. The zero-order chi connectivity index (χ0) is 19.8. The number of nitrogen functional groups attached to an aromatic ring is 1. The van der Waals surface area contributed by atoms with Crippen molar-refractivity contribution in [3.05, 3.63) is 53.9 Å². The minimum absolute atomic E-state index is 0.0579. The lowest BCUT2D eigenvalue weighted by Crippen LogP contribution is -1.93. The van der Waals surface area contributed by atoms with Gasteiger partial charge in [0, 0.05) is 29.7 Å². The van der Waals surface area contributed by atoms with E-state index in [-0.39, 0.29) is 17.3 Å². The lowest BCUT2D eigenvalue weighted by molar-refractivity contribution is 0.100. The van der Waals surface area contributed by atoms with E-state index < -0.39 is 0 Å². The van der Waals surface area contributed by atoms with Crippen LogP contribution in [-0.4, -0.2) is 21.7 Å². The summed E-state index contributed by atoms with van der Waals surface area (Å²) >= 11 is 0. The molecule has 3 N–H and O–H groups in total. The zero-order valence-electron chi connectivity index (χ0n) is 16.0. The lowest BCUT2D eigenvalue weighted by Gasteiger charge is -1.99. The number of carbonyl (C=O) groups is 2. The van der Waals surface area contributed by atoms with Crippen LogP contribution < -0.4 is 5.73 Å². The smallest absolute Gasteiger partial charge is 0.163 e. The monoisotopic (exact) mass is 346 g/mol. The molecule has 0 unspecified atom stereocenters. The number of anilines is 1. The number of ketones is 2. The van der Waals surface area contributed by atoms with Crippen molar-refractivity contribution in [3.63, 3.8) is 0 Å². The molecule has 0 aliphatic carbocycles. The third kappa shape index (κ3) is 11.5. The molecule has 0 fully saturated rings. The van der Waals surface area contributed by atoms with E-state index in [0.29, 0.717) is 16.8 Å². The van der Waals surface area contributed by atoms with Crippen molar-refractivity contribution >= 4 is 17.3 Å². The highest BCUT2D eigenvalue weighted by Crippen LogP contribution is 2.19. The number of pyridine rings is 1. The Kier molecular flexibility index (Phi) is 14.6. The summed E-state index contributed by atoms with van der Waals surface area (Å²) in [5.74, 6) is -0.164. The molecule has 0 bridgehead atoms. The van der Waals surface area contributed by atoms with Crippen molar-refractivity contribution in [2.45, 2.75) is 48.0 Å². The van der Waals surface area contributed by atoms with Crippen molar-refractivity contribution < 1.29 is 14.7 Å². The minimum atomic E-state index is -0.164. The number of benzene rings is 1. The maximum absolute atomic E-state index is 10.8. The average molecular weight is 346 g/mol. The third-order valence-electron chi connectivity index (χ3n) is 2.47. The van der Waals surface area contributed by atoms with Gasteiger partial charge in [-0.25, -0.2) is 0 Å². The predicted octanol–water partition coefficient (Wildman–Crippen LogP) is 4.90. The van der Waals surface area contributed by atoms with Crippen molar-refractivity contribution in [1.29, 1.82) is 0 Å². The van der Waals surface area contributed by atoms with Gasteiger partial charge in [-0.3, -0.25) is 14.6 Å². The van der Waals surface area contributed by atoms with Gasteiger partial charge in [0.15, 0.2) is 11.6 Å². The zero-order valence-corrected chi connectivity index (χ0v) is 16.0. The fourth-order valence-electron chi connectivity index (χ4n) is 1.42. The van der Waals surface area contributed by atoms with Crippen LogP contribution in [0.15, 0.2) is 42.7 Å². The third-order valence-corrected chi connectivity index (χ3v) is 2.47. The van der Waals surface area contributed by atoms with Gasteiger partial charge in [-0.15, -0.1) is 0 Å². The molecule has 0 aliphatic rings. The Morgan fingerprint density at radius 1 is 1.08 bits per heavy atom. The van der Waals surface area contributed by atoms with Crippen LogP contribution >= 0.6 is 0 Å². The molecule has 25 heavy (non-hydrogen) atoms. The molecule has 1 heterocycles. The first-order valence-electron chi connectivity index (χ1n) is 8.33. The molecule has 5 heteroatoms. The number of hydrogen-bond donors (Lipinski definition) is 2. The molecule has 0 saturated carbocycles. The predicted molar refractivity (Wildman–Crippen MR) is 104 cm³/mol. The number of aromatic hydroxyl groups is 1. The van der Waals surface area contributed by atoms with Crippen LogP contribution in [0, 0.1) is 0 Å². The summed E-state index contributed by atoms with van der Waals surface area (Å²) in [6, 6.07) is 7.94. The molecular formula is C20H30N2O3. The molecular weight excluding hydrogens is 316 g/mol. The van der Waals surface area contributed by atoms with Crippen LogP contribution in [-0.2, 0) is 0 Å². The number of aromatic nitrogens is 1. The highest BCUT2D eigenvalue weighted by atomic mass is 16.3. The number of carbonyl (C=O) groups excluding carboxylic acids is 2. The van der Waals surface area contributed by atoms with E-state index in [4.69, 9.17) is 10.8 Å². The second kappa shape index (κ2) is 14.9. The summed E-state index contributed by atoms with van der Waals surface area (Å²) in [6.45, 7) is 11.2. The van der Waals surface area contributed by atoms with Crippen molar-refractivity contribution in [1.82, 2.24) is 4.98 Å². The highest BCUT2D eigenvalue weighted by molar-refractivity contribution is 5.97. The summed E-state index contributed by atoms with van der Waals surface area (Å²) in [6.07, 6.45) is 4.45. The Bertz CT molecular complexity index is 626. The fraction of sp³-hybridized carbons (Fsp3) is 0.350. The van der Waals surface area contributed by atoms with Gasteiger partial charge in [-0.05, 0) is 38.1 Å². The summed E-state index contributed by atoms with van der Waals surface area (Å²) in [5, 5.41) is 9.16. The molecule has 0 radical (unpaired) electrons. The standard InChI is InChI=1S/C8H9NO2.C7H7NO.C3H8.C2H6/c1-5(10)7-3-2-6(9)4-8(7)11;1-6(9)7-3-2-4-8-5-7;1-3-2;1-2/h2-4,11H,9H2,1H3;2-5H,1H3;3H2,1-2H3;1-2H3. The van der Waals surface area contributed by atoms with Gasteiger partial charge in [0.25, 0.3) is 0 Å². The van der Waals surface area contributed by atoms with Crippen LogP contribution in [0.3, 0.4) is 0 Å². The fourth-order valence-corrected chi connectivity index (χ4v) is 1.42. The molecule has 5 nitrogen and oxygen atoms in total. The topological polar surface area (TPSA) is 93.3 Å². The van der Waals surface area contributed by atoms with Crippen molar-refractivity contribution in [3.8, 4) is 5.75 Å². The molecule has 2 aromatic rings. The van der Waals surface area contributed by atoms with Crippen LogP contribution in [0.4, 0.5) is 5.69 Å². The van der Waals surface area contributed by atoms with E-state index in [1.54, 1.807) is 30.6 Å². The van der Waals surface area contributed by atoms with Crippen LogP contribution in [0.2, 0.25) is 0 Å². The second-order valence-corrected chi connectivity index (χ2v) is 4.84. The van der Waals surface area contributed by atoms with Gasteiger partial charge >= 0.3 is 0 Å². The van der Waals surface area contributed by atoms with E-state index >= 15 is 0 Å². The molecule has 1 aromatic carbocycles. The van der Waals surface area contributed by atoms with E-state index in [1.807, 2.05) is 13.8 Å². The van der Waals surface area contributed by atoms with Crippen LogP contribution in [0.25, 0.3) is 0 Å². The molecule has 0 amide bonds. The second-order valence-electron chi connectivity index (χ2n) is 4.84. The number of phenols is 1. The first-order valence-corrected chi connectivity index (χ1v) is 8.33. The van der Waals surface area contributed by atoms with Gasteiger partial charge in [0.2, 0.25) is 0 Å². The largest absolute Gasteiger partial charge is 0.507 e. The summed E-state index contributed by atoms with van der Waals surface area (Å²) < 4.78 is 0. The summed E-state index contributed by atoms with van der Waals surface area (Å²) in [5.41, 5.74) is 6.78. The van der Waals surface area contributed by atoms with E-state index in [0.717, 1.165) is 0 Å². The van der Waals surface area contributed by atoms with Crippen LogP contribution in [0.1, 0.15) is 68.7 Å². The van der Waals surface area contributed by atoms with Gasteiger partial charge < -0.3 is 10.8 Å². The Morgan fingerprint density at radius 3 is 1.96 bits per heavy atom. The quantitative estimate of drug-likeness (QED) is 0.595. The number of phenolic OH excluding ortho intramolecular Hbond substituents is 1. The van der Waals surface area contributed by atoms with Gasteiger partial charge in [0.05, 0.1) is 5.56 Å². The number of hydrogen-bond acceptors (Lipinski definition) is 5. The molecule has 138 valence electrons. The summed E-state index contributed by atoms with van der Waals surface area (Å²) in [7, 11) is 0. The molecule has 1 aromatic heterocycles. The summed E-state index contributed by atoms with van der Waals surface area (Å²) in [4.78, 5) is 25.2. The normalized spacial score (nSPS) is 8.40. The maximum atomic E-state index is 10.8. The van der Waals surface area contributed by atoms with Gasteiger partial charge in [-0.2, -0.15) is 0 Å². The molecule has 0 aliphatic heterocycles. The Hall–Kier alpha value is -2.69. The maximum Gasteiger partial charge on any atom is 0.163 e. The Morgan fingerprint density at radius 2 is 1.64 bits per heavy atom. The lowest BCUT2D eigenvalue weighted by atomic mass is 10.1. The van der Waals surface area contributed by atoms with Crippen molar-refractivity contribution in [2.24, 2.45) is 0 Å². The number of nitrogens with zero attached hydrogens (tertiary/aromatic N) is 1. The first-order chi connectivity index (χ1) is 11.8. The van der Waals surface area contributed by atoms with E-state index in [2.05, 4.69) is 18.8 Å². The van der Waals surface area contributed by atoms with Gasteiger partial charge in [-0.1, -0.05) is 34.1 Å². The Balaban J connectivity index is 0. The molecule has 0 spiro atoms. The average Bonchev–Trinajstić information content (AvgIpc) is 2.58. The van der Waals surface area contributed by atoms with E-state index in [1.165, 1.54) is 32.4 Å². The molecule has 2 rings (SSSR count). The van der Waals surface area contributed by atoms with Crippen molar-refractivity contribution in [2.75, 3.05) is 5.73 Å².